The molecule has 0 bridgehead atoms. The summed E-state index contributed by atoms with van der Waals surface area (Å²) in [4.78, 5) is 13.9. The number of amides is 1. The van der Waals surface area contributed by atoms with E-state index in [-0.39, 0.29) is 30.4 Å². The van der Waals surface area contributed by atoms with E-state index in [2.05, 4.69) is 5.32 Å². The topological polar surface area (TPSA) is 72.8 Å². The van der Waals surface area contributed by atoms with Gasteiger partial charge in [-0.1, -0.05) is 23.7 Å². The first kappa shape index (κ1) is 17.5. The number of phenolic OH excluding ortho intramolecular Hbond substituents is 1. The molecule has 0 unspecified atom stereocenters. The van der Waals surface area contributed by atoms with Crippen LogP contribution in [0.1, 0.15) is 15.9 Å². The number of rotatable bonds is 5. The van der Waals surface area contributed by atoms with E-state index < -0.39 is 11.7 Å². The summed E-state index contributed by atoms with van der Waals surface area (Å²) in [5.41, 5.74) is 0.945. The van der Waals surface area contributed by atoms with Gasteiger partial charge in [-0.15, -0.1) is 0 Å². The summed E-state index contributed by atoms with van der Waals surface area (Å²) in [7, 11) is 0. The van der Waals surface area contributed by atoms with Crippen molar-refractivity contribution in [1.29, 1.82) is 0 Å². The van der Waals surface area contributed by atoms with Crippen LogP contribution >= 0.6 is 11.6 Å². The van der Waals surface area contributed by atoms with Gasteiger partial charge < -0.3 is 20.4 Å². The van der Waals surface area contributed by atoms with E-state index in [9.17, 15) is 14.3 Å². The molecule has 0 atom stereocenters. The number of carbonyl (C=O) groups excluding carboxylic acids is 1. The van der Waals surface area contributed by atoms with E-state index in [1.54, 1.807) is 29.2 Å². The summed E-state index contributed by atoms with van der Waals surface area (Å²) in [5.74, 6) is -1.33. The Morgan fingerprint density at radius 1 is 1.28 bits per heavy atom. The maximum Gasteiger partial charge on any atom is 0.254 e. The molecule has 3 rings (SSSR count). The number of carbonyl (C=O) groups is 1. The third-order valence-corrected chi connectivity index (χ3v) is 4.48. The maximum absolute atomic E-state index is 14.3. The van der Waals surface area contributed by atoms with Crippen molar-refractivity contribution in [3.05, 3.63) is 58.4 Å². The van der Waals surface area contributed by atoms with Crippen LogP contribution in [0.2, 0.25) is 5.02 Å². The van der Waals surface area contributed by atoms with E-state index in [0.717, 1.165) is 17.7 Å². The molecule has 1 fully saturated rings. The van der Waals surface area contributed by atoms with Crippen LogP contribution in [0, 0.1) is 11.7 Å². The molecule has 5 nitrogen and oxygen atoms in total. The molecule has 0 saturated carbocycles. The van der Waals surface area contributed by atoms with Crippen LogP contribution in [0.15, 0.2) is 36.4 Å². The zero-order chi connectivity index (χ0) is 18.0. The summed E-state index contributed by atoms with van der Waals surface area (Å²) >= 11 is 5.80. The van der Waals surface area contributed by atoms with Crippen molar-refractivity contribution in [3.63, 3.8) is 0 Å². The molecule has 0 aromatic heterocycles. The Labute approximate surface area is 149 Å². The number of aromatic hydroxyl groups is 1. The van der Waals surface area contributed by atoms with E-state index in [0.29, 0.717) is 23.8 Å². The number of halogens is 2. The average Bonchev–Trinajstić information content (AvgIpc) is 2.56. The lowest BCUT2D eigenvalue weighted by Crippen LogP contribution is -2.48. The van der Waals surface area contributed by atoms with Crippen molar-refractivity contribution < 1.29 is 19.4 Å². The Kier molecular flexibility index (Phi) is 5.11. The Morgan fingerprint density at radius 2 is 1.96 bits per heavy atom. The van der Waals surface area contributed by atoms with Crippen molar-refractivity contribution >= 4 is 23.2 Å². The highest BCUT2D eigenvalue weighted by Gasteiger charge is 2.29. The Morgan fingerprint density at radius 3 is 2.60 bits per heavy atom. The molecule has 0 spiro atoms. The molecule has 3 N–H and O–H groups in total. The molecule has 2 aromatic carbocycles. The van der Waals surface area contributed by atoms with Gasteiger partial charge in [0.1, 0.15) is 11.6 Å². The number of hydrogen-bond acceptors (Lipinski definition) is 4. The number of aliphatic hydroxyl groups excluding tert-OH is 1. The van der Waals surface area contributed by atoms with E-state index >= 15 is 0 Å². The maximum atomic E-state index is 14.3. The largest absolute Gasteiger partial charge is 0.506 e. The van der Waals surface area contributed by atoms with E-state index in [1.807, 2.05) is 0 Å². The monoisotopic (exact) mass is 364 g/mol. The third kappa shape index (κ3) is 3.86. The number of benzene rings is 2. The zero-order valence-corrected chi connectivity index (χ0v) is 14.1. The number of hydrogen-bond donors (Lipinski definition) is 3. The highest BCUT2D eigenvalue weighted by atomic mass is 35.5. The molecule has 1 aliphatic rings. The highest BCUT2D eigenvalue weighted by molar-refractivity contribution is 6.30. The standard InChI is InChI=1S/C18H18ClFN2O3/c19-13-3-1-11(2-4-13)7-21-18(25)14-5-17(24)16(6-15(14)20)22-8-12(9-22)10-23/h1-6,12,23-24H,7-10H2,(H,21,25). The summed E-state index contributed by atoms with van der Waals surface area (Å²) in [6, 6.07) is 9.23. The lowest BCUT2D eigenvalue weighted by molar-refractivity contribution is 0.0946. The van der Waals surface area contributed by atoms with Crippen molar-refractivity contribution in [1.82, 2.24) is 5.32 Å². The van der Waals surface area contributed by atoms with Gasteiger partial charge in [0.2, 0.25) is 0 Å². The molecular weight excluding hydrogens is 347 g/mol. The summed E-state index contributed by atoms with van der Waals surface area (Å²) in [6.45, 7) is 1.38. The second-order valence-electron chi connectivity index (χ2n) is 6.08. The van der Waals surface area contributed by atoms with Gasteiger partial charge in [-0.25, -0.2) is 4.39 Å². The molecule has 1 saturated heterocycles. The molecule has 1 aliphatic heterocycles. The molecule has 2 aromatic rings. The van der Waals surface area contributed by atoms with Crippen molar-refractivity contribution in [2.75, 3.05) is 24.6 Å². The Hall–Kier alpha value is -2.31. The normalized spacial score (nSPS) is 14.3. The van der Waals surface area contributed by atoms with Gasteiger partial charge in [0.05, 0.1) is 11.3 Å². The number of phenols is 1. The first-order chi connectivity index (χ1) is 12.0. The van der Waals surface area contributed by atoms with Crippen molar-refractivity contribution in [3.8, 4) is 5.75 Å². The highest BCUT2D eigenvalue weighted by Crippen LogP contribution is 2.34. The third-order valence-electron chi connectivity index (χ3n) is 4.23. The lowest BCUT2D eigenvalue weighted by atomic mass is 9.99. The fraction of sp³-hybridized carbons (Fsp3) is 0.278. The van der Waals surface area contributed by atoms with Crippen LogP contribution in [-0.4, -0.2) is 35.8 Å². The van der Waals surface area contributed by atoms with Crippen molar-refractivity contribution in [2.24, 2.45) is 5.92 Å². The fourth-order valence-electron chi connectivity index (χ4n) is 2.74. The van der Waals surface area contributed by atoms with E-state index in [4.69, 9.17) is 16.7 Å². The molecule has 0 radical (unpaired) electrons. The first-order valence-corrected chi connectivity index (χ1v) is 8.26. The minimum absolute atomic E-state index is 0.0604. The fourth-order valence-corrected chi connectivity index (χ4v) is 2.87. The molecule has 132 valence electrons. The van der Waals surface area contributed by atoms with Gasteiger partial charge in [-0.2, -0.15) is 0 Å². The van der Waals surface area contributed by atoms with Gasteiger partial charge >= 0.3 is 0 Å². The van der Waals surface area contributed by atoms with E-state index in [1.165, 1.54) is 0 Å². The minimum atomic E-state index is -0.700. The van der Waals surface area contributed by atoms with Crippen LogP contribution in [0.4, 0.5) is 10.1 Å². The predicted octanol–water partition coefficient (Wildman–Crippen LogP) is 2.54. The quantitative estimate of drug-likeness (QED) is 0.762. The second-order valence-corrected chi connectivity index (χ2v) is 6.52. The van der Waals surface area contributed by atoms with Crippen molar-refractivity contribution in [2.45, 2.75) is 6.54 Å². The van der Waals surface area contributed by atoms with Crippen LogP contribution in [0.5, 0.6) is 5.75 Å². The summed E-state index contributed by atoms with van der Waals surface area (Å²) in [6.07, 6.45) is 0. The lowest BCUT2D eigenvalue weighted by Gasteiger charge is -2.40. The van der Waals surface area contributed by atoms with Gasteiger partial charge in [0, 0.05) is 43.2 Å². The summed E-state index contributed by atoms with van der Waals surface area (Å²) < 4.78 is 14.3. The number of nitrogens with zero attached hydrogens (tertiary/aromatic N) is 1. The molecule has 1 amide bonds. The zero-order valence-electron chi connectivity index (χ0n) is 13.4. The first-order valence-electron chi connectivity index (χ1n) is 7.89. The Bertz CT molecular complexity index is 777. The van der Waals surface area contributed by atoms with Crippen LogP contribution < -0.4 is 10.2 Å². The van der Waals surface area contributed by atoms with Gasteiger partial charge in [0.15, 0.2) is 0 Å². The molecular formula is C18H18ClFN2O3. The predicted molar refractivity (Wildman–Crippen MR) is 93.5 cm³/mol. The smallest absolute Gasteiger partial charge is 0.254 e. The minimum Gasteiger partial charge on any atom is -0.506 e. The van der Waals surface area contributed by atoms with Gasteiger partial charge in [-0.3, -0.25) is 4.79 Å². The van der Waals surface area contributed by atoms with Crippen LogP contribution in [-0.2, 0) is 6.54 Å². The van der Waals surface area contributed by atoms with Gasteiger partial charge in [-0.05, 0) is 23.8 Å². The summed E-state index contributed by atoms with van der Waals surface area (Å²) in [5, 5.41) is 22.4. The van der Waals surface area contributed by atoms with Gasteiger partial charge in [0.25, 0.3) is 5.91 Å². The Balaban J connectivity index is 1.68. The number of aliphatic hydroxyl groups is 1. The molecule has 7 heteroatoms. The molecule has 25 heavy (non-hydrogen) atoms. The van der Waals surface area contributed by atoms with Crippen LogP contribution in [0.3, 0.4) is 0 Å². The molecule has 0 aliphatic carbocycles. The number of nitrogens with one attached hydrogen (secondary N) is 1. The molecule has 1 heterocycles. The van der Waals surface area contributed by atoms with Crippen LogP contribution in [0.25, 0.3) is 0 Å². The second kappa shape index (κ2) is 7.29. The SMILES string of the molecule is O=C(NCc1ccc(Cl)cc1)c1cc(O)c(N2CC(CO)C2)cc1F. The average molecular weight is 365 g/mol. The number of anilines is 1.